The van der Waals surface area contributed by atoms with Gasteiger partial charge < -0.3 is 4.98 Å². The summed E-state index contributed by atoms with van der Waals surface area (Å²) < 4.78 is 0. The molecule has 66 valence electrons. The third-order valence-electron chi connectivity index (χ3n) is 2.38. The number of nitrogens with one attached hydrogen (secondary N) is 1. The number of nitrogens with zero attached hydrogens (tertiary/aromatic N) is 1. The maximum absolute atomic E-state index is 10.5. The van der Waals surface area contributed by atoms with Gasteiger partial charge in [0.1, 0.15) is 5.35 Å². The number of carbonyl (C=O) groups excluding carboxylic acids is 1. The second-order valence-electron chi connectivity index (χ2n) is 3.19. The first-order valence-corrected chi connectivity index (χ1v) is 4.30. The smallest absolute Gasteiger partial charge is 0.150 e. The van der Waals surface area contributed by atoms with E-state index < -0.39 is 0 Å². The van der Waals surface area contributed by atoms with Crippen molar-refractivity contribution in [2.45, 2.75) is 0 Å². The van der Waals surface area contributed by atoms with Gasteiger partial charge in [-0.3, -0.25) is 4.99 Å². The van der Waals surface area contributed by atoms with E-state index in [-0.39, 0.29) is 0 Å². The Labute approximate surface area is 79.1 Å². The molecule has 3 nitrogen and oxygen atoms in total. The molecule has 2 heterocycles. The summed E-state index contributed by atoms with van der Waals surface area (Å²) in [5.74, 6) is 1.85. The van der Waals surface area contributed by atoms with E-state index in [1.54, 1.807) is 12.3 Å². The fraction of sp³-hybridized carbons (Fsp3) is 0. The van der Waals surface area contributed by atoms with Gasteiger partial charge in [0.25, 0.3) is 0 Å². The van der Waals surface area contributed by atoms with Crippen LogP contribution in [-0.4, -0.2) is 10.9 Å². The van der Waals surface area contributed by atoms with Gasteiger partial charge in [0.15, 0.2) is 5.94 Å². The van der Waals surface area contributed by atoms with Crippen molar-refractivity contribution in [3.63, 3.8) is 0 Å². The number of aromatic amines is 1. The molecule has 0 aliphatic carbocycles. The van der Waals surface area contributed by atoms with Gasteiger partial charge in [0, 0.05) is 17.1 Å². The Hall–Kier alpha value is -2.12. The molecular formula is C11H6N2O. The first-order valence-electron chi connectivity index (χ1n) is 4.30. The number of hydrogen-bond donors (Lipinski definition) is 1. The standard InChI is InChI=1S/C11H6N2O/c14-6-8-5-7-1-2-10-9(3-4-12-10)11(7)13-8/h1-5,13H. The third-order valence-corrected chi connectivity index (χ3v) is 2.38. The van der Waals surface area contributed by atoms with Crippen molar-refractivity contribution in [3.05, 3.63) is 40.7 Å². The van der Waals surface area contributed by atoms with E-state index in [9.17, 15) is 4.79 Å². The zero-order chi connectivity index (χ0) is 9.54. The normalized spacial score (nSPS) is 12.6. The average molecular weight is 182 g/mol. The molecule has 0 amide bonds. The Morgan fingerprint density at radius 3 is 3.14 bits per heavy atom. The molecule has 0 saturated carbocycles. The second-order valence-corrected chi connectivity index (χ2v) is 3.19. The van der Waals surface area contributed by atoms with E-state index in [0.717, 1.165) is 21.8 Å². The topological polar surface area (TPSA) is 45.2 Å². The van der Waals surface area contributed by atoms with Gasteiger partial charge in [-0.2, -0.15) is 0 Å². The first-order chi connectivity index (χ1) is 6.88. The molecule has 0 atom stereocenters. The lowest BCUT2D eigenvalue weighted by atomic mass is 10.1. The molecule has 0 unspecified atom stereocenters. The van der Waals surface area contributed by atoms with Crippen molar-refractivity contribution in [1.82, 2.24) is 4.98 Å². The number of benzene rings is 1. The molecule has 3 heteroatoms. The predicted molar refractivity (Wildman–Crippen MR) is 52.9 cm³/mol. The number of H-pyrrole nitrogens is 1. The number of rotatable bonds is 0. The molecule has 0 bridgehead atoms. The lowest BCUT2D eigenvalue weighted by Crippen LogP contribution is -2.03. The number of aromatic nitrogens is 1. The minimum atomic E-state index is 0.480. The highest BCUT2D eigenvalue weighted by atomic mass is 16.1. The SMILES string of the molecule is O=C=c1cc2ccc3c(c2[nH]1)C=CN=3. The third kappa shape index (κ3) is 0.817. The van der Waals surface area contributed by atoms with Gasteiger partial charge in [-0.25, -0.2) is 4.79 Å². The van der Waals surface area contributed by atoms with Crippen LogP contribution in [0.2, 0.25) is 0 Å². The molecule has 1 N–H and O–H groups in total. The summed E-state index contributed by atoms with van der Waals surface area (Å²) in [5, 5.41) is 2.44. The van der Waals surface area contributed by atoms with Crippen molar-refractivity contribution < 1.29 is 4.79 Å². The molecular weight excluding hydrogens is 176 g/mol. The summed E-state index contributed by atoms with van der Waals surface area (Å²) in [7, 11) is 0. The van der Waals surface area contributed by atoms with Gasteiger partial charge in [-0.15, -0.1) is 0 Å². The summed E-state index contributed by atoms with van der Waals surface area (Å²) in [6.07, 6.45) is 3.69. The molecule has 2 aromatic rings. The van der Waals surface area contributed by atoms with Crippen molar-refractivity contribution >= 4 is 22.9 Å². The second kappa shape index (κ2) is 2.44. The van der Waals surface area contributed by atoms with Crippen molar-refractivity contribution in [2.24, 2.45) is 4.99 Å². The molecule has 0 saturated heterocycles. The number of fused-ring (bicyclic) bond motifs is 3. The molecule has 0 spiro atoms. The maximum Gasteiger partial charge on any atom is 0.150 e. The Kier molecular flexibility index (Phi) is 1.27. The summed E-state index contributed by atoms with van der Waals surface area (Å²) in [6, 6.07) is 5.68. The van der Waals surface area contributed by atoms with Crippen LogP contribution in [0.5, 0.6) is 0 Å². The van der Waals surface area contributed by atoms with Gasteiger partial charge in [-0.05, 0) is 18.2 Å². The zero-order valence-corrected chi connectivity index (χ0v) is 7.24. The fourth-order valence-corrected chi connectivity index (χ4v) is 1.74. The maximum atomic E-state index is 10.5. The zero-order valence-electron chi connectivity index (χ0n) is 7.24. The highest BCUT2D eigenvalue weighted by molar-refractivity contribution is 5.88. The summed E-state index contributed by atoms with van der Waals surface area (Å²) >= 11 is 0. The Morgan fingerprint density at radius 1 is 1.36 bits per heavy atom. The van der Waals surface area contributed by atoms with E-state index in [2.05, 4.69) is 9.98 Å². The van der Waals surface area contributed by atoms with Gasteiger partial charge in [0.2, 0.25) is 0 Å². The predicted octanol–water partition coefficient (Wildman–Crippen LogP) is 0.275. The van der Waals surface area contributed by atoms with Gasteiger partial charge in [-0.1, -0.05) is 6.07 Å². The Balaban J connectivity index is 2.63. The first kappa shape index (κ1) is 7.30. The van der Waals surface area contributed by atoms with Crippen LogP contribution in [0.3, 0.4) is 0 Å². The summed E-state index contributed by atoms with van der Waals surface area (Å²) in [5.41, 5.74) is 2.00. The van der Waals surface area contributed by atoms with Gasteiger partial charge >= 0.3 is 0 Å². The fourth-order valence-electron chi connectivity index (χ4n) is 1.74. The highest BCUT2D eigenvalue weighted by Gasteiger charge is 2.05. The van der Waals surface area contributed by atoms with Crippen LogP contribution in [0.1, 0.15) is 5.56 Å². The van der Waals surface area contributed by atoms with Crippen LogP contribution in [0.4, 0.5) is 0 Å². The molecule has 0 radical (unpaired) electrons. The lowest BCUT2D eigenvalue weighted by Gasteiger charge is -1.92. The van der Waals surface area contributed by atoms with E-state index in [1.165, 1.54) is 0 Å². The van der Waals surface area contributed by atoms with E-state index in [0.29, 0.717) is 5.35 Å². The van der Waals surface area contributed by atoms with E-state index in [1.807, 2.05) is 24.2 Å². The molecule has 14 heavy (non-hydrogen) atoms. The molecule has 1 aromatic heterocycles. The number of hydrogen-bond acceptors (Lipinski definition) is 2. The van der Waals surface area contributed by atoms with Crippen molar-refractivity contribution in [1.29, 1.82) is 0 Å². The van der Waals surface area contributed by atoms with Crippen molar-refractivity contribution in [2.75, 3.05) is 0 Å². The Bertz CT molecular complexity index is 688. The minimum Gasteiger partial charge on any atom is -0.345 e. The van der Waals surface area contributed by atoms with Crippen LogP contribution < -0.4 is 10.7 Å². The Morgan fingerprint density at radius 2 is 2.29 bits per heavy atom. The van der Waals surface area contributed by atoms with Crippen LogP contribution in [0.25, 0.3) is 17.0 Å². The van der Waals surface area contributed by atoms with Crippen molar-refractivity contribution in [3.8, 4) is 0 Å². The highest BCUT2D eigenvalue weighted by Crippen LogP contribution is 2.14. The summed E-state index contributed by atoms with van der Waals surface area (Å²) in [6.45, 7) is 0. The molecule has 1 aromatic carbocycles. The van der Waals surface area contributed by atoms with Crippen LogP contribution in [0.15, 0.2) is 29.4 Å². The van der Waals surface area contributed by atoms with Crippen LogP contribution in [-0.2, 0) is 4.79 Å². The quantitative estimate of drug-likeness (QED) is 0.624. The average Bonchev–Trinajstić information content (AvgIpc) is 2.82. The molecule has 1 aliphatic rings. The van der Waals surface area contributed by atoms with Crippen LogP contribution in [0, 0.1) is 0 Å². The molecule has 3 rings (SSSR count). The molecule has 0 fully saturated rings. The summed E-state index contributed by atoms with van der Waals surface area (Å²) in [4.78, 5) is 17.7. The molecule has 1 aliphatic heterocycles. The monoisotopic (exact) mass is 182 g/mol. The van der Waals surface area contributed by atoms with E-state index >= 15 is 0 Å². The largest absolute Gasteiger partial charge is 0.345 e. The van der Waals surface area contributed by atoms with E-state index in [4.69, 9.17) is 0 Å². The minimum absolute atomic E-state index is 0.480. The van der Waals surface area contributed by atoms with Gasteiger partial charge in [0.05, 0.1) is 10.9 Å². The lowest BCUT2D eigenvalue weighted by molar-refractivity contribution is 0.567. The van der Waals surface area contributed by atoms with Crippen LogP contribution >= 0.6 is 0 Å².